The molecular formula is C51H36N4OS. The molecule has 1 aliphatic carbocycles. The molecule has 0 saturated heterocycles. The minimum atomic E-state index is -0.161. The number of furan rings is 1. The zero-order valence-electron chi connectivity index (χ0n) is 30.9. The fraction of sp³-hybridized carbons (Fsp3) is 0.0784. The lowest BCUT2D eigenvalue weighted by atomic mass is 9.97. The van der Waals surface area contributed by atoms with E-state index in [2.05, 4.69) is 179 Å². The Bertz CT molecular complexity index is 3270. The molecule has 0 radical (unpaired) electrons. The van der Waals surface area contributed by atoms with Gasteiger partial charge in [-0.25, -0.2) is 4.99 Å². The van der Waals surface area contributed by atoms with Crippen molar-refractivity contribution in [2.24, 2.45) is 4.99 Å². The number of para-hydroxylation sites is 3. The van der Waals surface area contributed by atoms with Crippen molar-refractivity contribution in [2.75, 3.05) is 0 Å². The third-order valence-electron chi connectivity index (χ3n) is 11.7. The highest BCUT2D eigenvalue weighted by Gasteiger charge is 2.27. The second kappa shape index (κ2) is 12.9. The average molecular weight is 753 g/mol. The second-order valence-corrected chi connectivity index (χ2v) is 16.1. The van der Waals surface area contributed by atoms with Crippen LogP contribution in [0.15, 0.2) is 185 Å². The van der Waals surface area contributed by atoms with Gasteiger partial charge in [-0.15, -0.1) is 11.3 Å². The van der Waals surface area contributed by atoms with Crippen LogP contribution in [0, 0.1) is 0 Å². The van der Waals surface area contributed by atoms with E-state index >= 15 is 0 Å². The van der Waals surface area contributed by atoms with Crippen molar-refractivity contribution in [3.8, 4) is 16.8 Å². The topological polar surface area (TPSA) is 54.5 Å². The van der Waals surface area contributed by atoms with Gasteiger partial charge < -0.3 is 14.3 Å². The number of allylic oxidation sites excluding steroid dienone is 2. The van der Waals surface area contributed by atoms with E-state index in [0.29, 0.717) is 0 Å². The van der Waals surface area contributed by atoms with Gasteiger partial charge >= 0.3 is 0 Å². The van der Waals surface area contributed by atoms with Crippen molar-refractivity contribution in [1.29, 1.82) is 0 Å². The molecule has 0 bridgehead atoms. The molecular weight excluding hydrogens is 717 g/mol. The summed E-state index contributed by atoms with van der Waals surface area (Å²) in [5.41, 5.74) is 11.0. The van der Waals surface area contributed by atoms with E-state index in [-0.39, 0.29) is 12.3 Å². The van der Waals surface area contributed by atoms with Crippen LogP contribution in [0.1, 0.15) is 30.1 Å². The van der Waals surface area contributed by atoms with E-state index in [9.17, 15) is 0 Å². The number of nitrogens with one attached hydrogen (secondary N) is 2. The zero-order chi connectivity index (χ0) is 37.5. The maximum Gasteiger partial charge on any atom is 0.143 e. The number of aliphatic imine (C=N–C) groups is 1. The van der Waals surface area contributed by atoms with Crippen molar-refractivity contribution in [3.05, 3.63) is 187 Å². The van der Waals surface area contributed by atoms with Gasteiger partial charge in [0, 0.05) is 58.5 Å². The third-order valence-corrected chi connectivity index (χ3v) is 12.8. The van der Waals surface area contributed by atoms with Gasteiger partial charge in [0.05, 0.1) is 11.0 Å². The van der Waals surface area contributed by atoms with E-state index < -0.39 is 0 Å². The fourth-order valence-corrected chi connectivity index (χ4v) is 10.2. The first-order valence-corrected chi connectivity index (χ1v) is 20.5. The minimum Gasteiger partial charge on any atom is -0.455 e. The number of hydrogen-bond donors (Lipinski definition) is 2. The van der Waals surface area contributed by atoms with Crippen molar-refractivity contribution >= 4 is 81.1 Å². The van der Waals surface area contributed by atoms with E-state index in [4.69, 9.17) is 9.41 Å². The molecule has 2 unspecified atom stereocenters. The lowest BCUT2D eigenvalue weighted by molar-refractivity contribution is 0.434. The fourth-order valence-electron chi connectivity index (χ4n) is 9.07. The summed E-state index contributed by atoms with van der Waals surface area (Å²) in [5, 5.41) is 14.7. The predicted octanol–water partition coefficient (Wildman–Crippen LogP) is 13.0. The Hall–Kier alpha value is -6.73. The van der Waals surface area contributed by atoms with Crippen LogP contribution in [-0.2, 0) is 0 Å². The summed E-state index contributed by atoms with van der Waals surface area (Å²) in [7, 11) is 0. The van der Waals surface area contributed by atoms with Crippen LogP contribution in [0.25, 0.3) is 80.7 Å². The summed E-state index contributed by atoms with van der Waals surface area (Å²) in [4.78, 5) is 5.13. The number of amidine groups is 1. The van der Waals surface area contributed by atoms with Gasteiger partial charge in [0.15, 0.2) is 0 Å². The van der Waals surface area contributed by atoms with Crippen LogP contribution in [0.4, 0.5) is 0 Å². The Morgan fingerprint density at radius 2 is 1.40 bits per heavy atom. The highest BCUT2D eigenvalue weighted by atomic mass is 32.1. The summed E-state index contributed by atoms with van der Waals surface area (Å²) in [6, 6.07) is 54.6. The molecule has 0 spiro atoms. The molecule has 12 rings (SSSR count). The number of fused-ring (bicyclic) bond motifs is 9. The molecule has 2 N–H and O–H groups in total. The van der Waals surface area contributed by atoms with Gasteiger partial charge in [-0.1, -0.05) is 127 Å². The largest absolute Gasteiger partial charge is 0.455 e. The minimum absolute atomic E-state index is 0.155. The SMILES string of the molecule is C1=CC(C2N=C(c3ccccc3)NC(c3ccc4c(c3)oc3c(-c5cccc6sc7ccc(-n8c9ccccc9c9ccccc98)cc7c56)cccc34)N2)=CCC1. The molecule has 7 aromatic carbocycles. The molecule has 10 aromatic rings. The monoisotopic (exact) mass is 752 g/mol. The Kier molecular flexibility index (Phi) is 7.37. The summed E-state index contributed by atoms with van der Waals surface area (Å²) in [5.74, 6) is 0.883. The van der Waals surface area contributed by atoms with E-state index in [1.807, 2.05) is 17.4 Å². The molecule has 57 heavy (non-hydrogen) atoms. The van der Waals surface area contributed by atoms with Crippen molar-refractivity contribution in [1.82, 2.24) is 15.2 Å². The number of rotatable bonds is 5. The molecule has 0 amide bonds. The standard InChI is InChI=1S/C51H36N4OS/c1-3-13-31(14-4-1)49-52-50(32-15-5-2-6-16-32)54-51(53-49)33-25-27-37-39-20-11-21-40(48(39)56-44(37)29-33)38-19-12-24-46-47(38)41-30-34(26-28-45(41)57-46)55-42-22-9-7-17-35(42)36-18-8-10-23-43(36)55/h1,3-5,7-30,50-51,54H,2,6H2,(H,52,53). The Labute approximate surface area is 332 Å². The maximum atomic E-state index is 6.93. The number of benzene rings is 7. The van der Waals surface area contributed by atoms with Crippen LogP contribution in [0.5, 0.6) is 0 Å². The average Bonchev–Trinajstić information content (AvgIpc) is 3.96. The highest BCUT2D eigenvalue weighted by Crippen LogP contribution is 2.45. The summed E-state index contributed by atoms with van der Waals surface area (Å²) in [6.07, 6.45) is 8.54. The Balaban J connectivity index is 0.982. The number of nitrogens with zero attached hydrogens (tertiary/aromatic N) is 2. The summed E-state index contributed by atoms with van der Waals surface area (Å²) < 4.78 is 11.9. The first-order valence-electron chi connectivity index (χ1n) is 19.7. The number of hydrogen-bond acceptors (Lipinski definition) is 5. The van der Waals surface area contributed by atoms with E-state index in [0.717, 1.165) is 63.0 Å². The quantitative estimate of drug-likeness (QED) is 0.184. The predicted molar refractivity (Wildman–Crippen MR) is 239 cm³/mol. The van der Waals surface area contributed by atoms with E-state index in [1.54, 1.807) is 0 Å². The van der Waals surface area contributed by atoms with Gasteiger partial charge in [0.2, 0.25) is 0 Å². The summed E-state index contributed by atoms with van der Waals surface area (Å²) in [6.45, 7) is 0. The molecule has 6 heteroatoms. The highest BCUT2D eigenvalue weighted by molar-refractivity contribution is 7.26. The third kappa shape index (κ3) is 5.22. The van der Waals surface area contributed by atoms with Gasteiger partial charge in [-0.05, 0) is 72.0 Å². The van der Waals surface area contributed by atoms with E-state index in [1.165, 1.54) is 53.1 Å². The first kappa shape index (κ1) is 32.5. The van der Waals surface area contributed by atoms with Crippen LogP contribution >= 0.6 is 11.3 Å². The zero-order valence-corrected chi connectivity index (χ0v) is 31.8. The normalized spacial score (nSPS) is 17.2. The molecule has 1 aliphatic heterocycles. The molecule has 3 aromatic heterocycles. The molecule has 2 aliphatic rings. The lowest BCUT2D eigenvalue weighted by Crippen LogP contribution is -2.49. The lowest BCUT2D eigenvalue weighted by Gasteiger charge is -2.33. The van der Waals surface area contributed by atoms with Crippen molar-refractivity contribution in [2.45, 2.75) is 25.2 Å². The van der Waals surface area contributed by atoms with Gasteiger partial charge in [-0.3, -0.25) is 5.32 Å². The summed E-state index contributed by atoms with van der Waals surface area (Å²) >= 11 is 1.85. The molecule has 272 valence electrons. The molecule has 5 nitrogen and oxygen atoms in total. The van der Waals surface area contributed by atoms with Gasteiger partial charge in [0.1, 0.15) is 29.3 Å². The molecule has 0 fully saturated rings. The maximum absolute atomic E-state index is 6.93. The number of aromatic nitrogens is 1. The van der Waals surface area contributed by atoms with Gasteiger partial charge in [-0.2, -0.15) is 0 Å². The van der Waals surface area contributed by atoms with Crippen molar-refractivity contribution < 1.29 is 4.42 Å². The van der Waals surface area contributed by atoms with Crippen LogP contribution in [0.3, 0.4) is 0 Å². The molecule has 0 saturated carbocycles. The van der Waals surface area contributed by atoms with Crippen molar-refractivity contribution in [3.63, 3.8) is 0 Å². The first-order chi connectivity index (χ1) is 28.2. The van der Waals surface area contributed by atoms with Crippen LogP contribution < -0.4 is 10.6 Å². The smallest absolute Gasteiger partial charge is 0.143 e. The second-order valence-electron chi connectivity index (χ2n) is 15.0. The Morgan fingerprint density at radius 1 is 0.632 bits per heavy atom. The Morgan fingerprint density at radius 3 is 2.23 bits per heavy atom. The molecule has 2 atom stereocenters. The van der Waals surface area contributed by atoms with Gasteiger partial charge in [0.25, 0.3) is 0 Å². The van der Waals surface area contributed by atoms with Crippen LogP contribution in [0.2, 0.25) is 0 Å². The molecule has 4 heterocycles. The van der Waals surface area contributed by atoms with Crippen LogP contribution in [-0.4, -0.2) is 16.6 Å². The number of thiophene rings is 1.